The highest BCUT2D eigenvalue weighted by Crippen LogP contribution is 2.33. The Morgan fingerprint density at radius 1 is 1.00 bits per heavy atom. The fourth-order valence-electron chi connectivity index (χ4n) is 2.95. The van der Waals surface area contributed by atoms with E-state index in [1.807, 2.05) is 62.6 Å². The Balaban J connectivity index is 1.73. The molecule has 4 rings (SSSR count). The predicted molar refractivity (Wildman–Crippen MR) is 108 cm³/mol. The van der Waals surface area contributed by atoms with Gasteiger partial charge in [-0.1, -0.05) is 0 Å². The van der Waals surface area contributed by atoms with E-state index in [0.717, 1.165) is 45.2 Å². The van der Waals surface area contributed by atoms with Gasteiger partial charge in [0.15, 0.2) is 0 Å². The van der Waals surface area contributed by atoms with Crippen LogP contribution in [0.15, 0.2) is 48.7 Å². The molecule has 0 amide bonds. The van der Waals surface area contributed by atoms with Crippen molar-refractivity contribution in [2.24, 2.45) is 0 Å². The molecule has 0 bridgehead atoms. The summed E-state index contributed by atoms with van der Waals surface area (Å²) in [6.07, 6.45) is 1.88. The fraction of sp³-hybridized carbons (Fsp3) is 0.150. The van der Waals surface area contributed by atoms with Crippen LogP contribution < -0.4 is 15.4 Å². The van der Waals surface area contributed by atoms with Crippen LogP contribution in [0.1, 0.15) is 5.69 Å². The number of fused-ring (bicyclic) bond motifs is 1. The van der Waals surface area contributed by atoms with Crippen LogP contribution in [-0.2, 0) is 0 Å². The van der Waals surface area contributed by atoms with Crippen molar-refractivity contribution in [2.45, 2.75) is 6.92 Å². The van der Waals surface area contributed by atoms with Crippen LogP contribution in [0, 0.1) is 6.92 Å². The molecule has 0 spiro atoms. The van der Waals surface area contributed by atoms with Gasteiger partial charge in [0.1, 0.15) is 17.2 Å². The van der Waals surface area contributed by atoms with E-state index >= 15 is 0 Å². The van der Waals surface area contributed by atoms with Gasteiger partial charge in [-0.25, -0.2) is 9.97 Å². The number of aromatic nitrogens is 4. The Labute approximate surface area is 156 Å². The van der Waals surface area contributed by atoms with Crippen molar-refractivity contribution < 1.29 is 4.74 Å². The fourth-order valence-corrected chi connectivity index (χ4v) is 2.95. The van der Waals surface area contributed by atoms with E-state index in [4.69, 9.17) is 9.72 Å². The number of nitrogens with zero attached hydrogens (tertiary/aromatic N) is 3. The zero-order valence-corrected chi connectivity index (χ0v) is 15.4. The van der Waals surface area contributed by atoms with Crippen molar-refractivity contribution >= 4 is 28.5 Å². The summed E-state index contributed by atoms with van der Waals surface area (Å²) in [6, 6.07) is 13.7. The van der Waals surface area contributed by atoms with Gasteiger partial charge in [0.05, 0.1) is 12.8 Å². The number of ether oxygens (including phenoxy) is 1. The van der Waals surface area contributed by atoms with Crippen LogP contribution in [-0.4, -0.2) is 34.1 Å². The Kier molecular flexibility index (Phi) is 4.33. The van der Waals surface area contributed by atoms with E-state index in [2.05, 4.69) is 25.6 Å². The largest absolute Gasteiger partial charge is 0.496 e. The van der Waals surface area contributed by atoms with Crippen LogP contribution >= 0.6 is 0 Å². The standard InChI is InChI=1S/C20H20N6O/c1-12-10-18(21-2)26-20(23-12)24-14-5-7-17(27-3)15(11-14)16-6-4-13-8-9-22-19(13)25-16/h4-11H,1-3H3,(H,22,25)(H2,21,23,24,26). The molecule has 0 saturated carbocycles. The number of hydrogen-bond acceptors (Lipinski definition) is 6. The van der Waals surface area contributed by atoms with E-state index in [0.29, 0.717) is 5.95 Å². The van der Waals surface area contributed by atoms with Gasteiger partial charge in [-0.2, -0.15) is 4.98 Å². The van der Waals surface area contributed by atoms with Crippen molar-refractivity contribution in [3.8, 4) is 17.0 Å². The molecule has 136 valence electrons. The lowest BCUT2D eigenvalue weighted by Crippen LogP contribution is -2.02. The first-order chi connectivity index (χ1) is 13.2. The maximum absolute atomic E-state index is 5.53. The molecule has 3 aromatic heterocycles. The maximum Gasteiger partial charge on any atom is 0.229 e. The number of methoxy groups -OCH3 is 1. The van der Waals surface area contributed by atoms with Gasteiger partial charge < -0.3 is 20.4 Å². The number of benzene rings is 1. The quantitative estimate of drug-likeness (QED) is 0.496. The van der Waals surface area contributed by atoms with E-state index in [1.54, 1.807) is 7.11 Å². The van der Waals surface area contributed by atoms with Gasteiger partial charge in [-0.3, -0.25) is 0 Å². The number of aromatic amines is 1. The molecule has 3 N–H and O–H groups in total. The summed E-state index contributed by atoms with van der Waals surface area (Å²) in [4.78, 5) is 16.7. The number of hydrogen-bond donors (Lipinski definition) is 3. The van der Waals surface area contributed by atoms with Crippen molar-refractivity contribution in [3.63, 3.8) is 0 Å². The van der Waals surface area contributed by atoms with Gasteiger partial charge in [0.2, 0.25) is 5.95 Å². The van der Waals surface area contributed by atoms with E-state index in [-0.39, 0.29) is 0 Å². The average Bonchev–Trinajstić information content (AvgIpc) is 3.15. The summed E-state index contributed by atoms with van der Waals surface area (Å²) in [6.45, 7) is 1.93. The third-order valence-corrected chi connectivity index (χ3v) is 4.25. The molecule has 0 fully saturated rings. The average molecular weight is 360 g/mol. The third kappa shape index (κ3) is 3.39. The molecule has 0 unspecified atom stereocenters. The molecule has 7 heteroatoms. The summed E-state index contributed by atoms with van der Waals surface area (Å²) >= 11 is 0. The molecule has 0 radical (unpaired) electrons. The minimum Gasteiger partial charge on any atom is -0.496 e. The van der Waals surface area contributed by atoms with Crippen LogP contribution in [0.25, 0.3) is 22.3 Å². The zero-order valence-electron chi connectivity index (χ0n) is 15.4. The Morgan fingerprint density at radius 2 is 1.89 bits per heavy atom. The minimum atomic E-state index is 0.531. The number of pyridine rings is 1. The van der Waals surface area contributed by atoms with E-state index in [9.17, 15) is 0 Å². The molecule has 7 nitrogen and oxygen atoms in total. The molecular weight excluding hydrogens is 340 g/mol. The molecule has 3 heterocycles. The van der Waals surface area contributed by atoms with Crippen molar-refractivity contribution in [2.75, 3.05) is 24.8 Å². The summed E-state index contributed by atoms with van der Waals surface area (Å²) < 4.78 is 5.53. The van der Waals surface area contributed by atoms with Crippen LogP contribution in [0.4, 0.5) is 17.5 Å². The number of H-pyrrole nitrogens is 1. The number of aryl methyl sites for hydroxylation is 1. The normalized spacial score (nSPS) is 10.8. The van der Waals surface area contributed by atoms with Crippen molar-refractivity contribution in [3.05, 3.63) is 54.4 Å². The van der Waals surface area contributed by atoms with Gasteiger partial charge >= 0.3 is 0 Å². The van der Waals surface area contributed by atoms with Gasteiger partial charge in [-0.15, -0.1) is 0 Å². The molecule has 0 aliphatic rings. The minimum absolute atomic E-state index is 0.531. The third-order valence-electron chi connectivity index (χ3n) is 4.25. The number of rotatable bonds is 5. The lowest BCUT2D eigenvalue weighted by Gasteiger charge is -2.12. The second-order valence-electron chi connectivity index (χ2n) is 6.12. The molecule has 1 aromatic carbocycles. The van der Waals surface area contributed by atoms with Crippen molar-refractivity contribution in [1.29, 1.82) is 0 Å². The van der Waals surface area contributed by atoms with Crippen LogP contribution in [0.2, 0.25) is 0 Å². The van der Waals surface area contributed by atoms with Gasteiger partial charge in [0.25, 0.3) is 0 Å². The number of nitrogens with one attached hydrogen (secondary N) is 3. The van der Waals surface area contributed by atoms with E-state index < -0.39 is 0 Å². The molecule has 4 aromatic rings. The Hall–Kier alpha value is -3.61. The summed E-state index contributed by atoms with van der Waals surface area (Å²) in [5.74, 6) is 2.04. The highest BCUT2D eigenvalue weighted by molar-refractivity contribution is 5.81. The number of anilines is 3. The Morgan fingerprint density at radius 3 is 2.70 bits per heavy atom. The molecule has 0 saturated heterocycles. The van der Waals surface area contributed by atoms with Crippen LogP contribution in [0.3, 0.4) is 0 Å². The summed E-state index contributed by atoms with van der Waals surface area (Å²) in [5.41, 5.74) is 4.29. The van der Waals surface area contributed by atoms with Crippen molar-refractivity contribution in [1.82, 2.24) is 19.9 Å². The smallest absolute Gasteiger partial charge is 0.229 e. The molecule has 27 heavy (non-hydrogen) atoms. The van der Waals surface area contributed by atoms with Crippen LogP contribution in [0.5, 0.6) is 5.75 Å². The molecule has 0 aliphatic heterocycles. The first kappa shape index (κ1) is 16.8. The maximum atomic E-state index is 5.53. The monoisotopic (exact) mass is 360 g/mol. The lowest BCUT2D eigenvalue weighted by molar-refractivity contribution is 0.416. The SMILES string of the molecule is CNc1cc(C)nc(Nc2ccc(OC)c(-c3ccc4cc[nH]c4n3)c2)n1. The Bertz CT molecular complexity index is 1100. The first-order valence-corrected chi connectivity index (χ1v) is 8.59. The summed E-state index contributed by atoms with van der Waals surface area (Å²) in [7, 11) is 3.49. The highest BCUT2D eigenvalue weighted by Gasteiger charge is 2.11. The molecule has 0 atom stereocenters. The second-order valence-corrected chi connectivity index (χ2v) is 6.12. The summed E-state index contributed by atoms with van der Waals surface area (Å²) in [5, 5.41) is 7.37. The second kappa shape index (κ2) is 6.95. The zero-order chi connectivity index (χ0) is 18.8. The van der Waals surface area contributed by atoms with Gasteiger partial charge in [-0.05, 0) is 43.3 Å². The highest BCUT2D eigenvalue weighted by atomic mass is 16.5. The molecular formula is C20H20N6O. The van der Waals surface area contributed by atoms with E-state index in [1.165, 1.54) is 0 Å². The molecule has 0 aliphatic carbocycles. The predicted octanol–water partition coefficient (Wildman–Crippen LogP) is 4.12. The first-order valence-electron chi connectivity index (χ1n) is 8.59. The van der Waals surface area contributed by atoms with Gasteiger partial charge in [0, 0.05) is 41.6 Å². The lowest BCUT2D eigenvalue weighted by atomic mass is 10.1. The topological polar surface area (TPSA) is 87.8 Å².